The second-order valence-corrected chi connectivity index (χ2v) is 14.1. The van der Waals surface area contributed by atoms with Gasteiger partial charge in [-0.25, -0.2) is 0 Å². The van der Waals surface area contributed by atoms with Crippen LogP contribution in [0.1, 0.15) is 38.2 Å². The molecule has 0 aliphatic heterocycles. The Morgan fingerprint density at radius 3 is 1.55 bits per heavy atom. The minimum atomic E-state index is -0.450. The topological polar surface area (TPSA) is 0 Å². The maximum Gasteiger partial charge on any atom is 0.358 e. The molecule has 5 rings (SSSR count). The third-order valence-corrected chi connectivity index (χ3v) is 10.5. The molecule has 0 unspecified atom stereocenters. The van der Waals surface area contributed by atoms with Crippen LogP contribution in [0.2, 0.25) is 15.1 Å². The Hall–Kier alpha value is -2.30. The third kappa shape index (κ3) is 7.12. The number of benzene rings is 5. The average molecular weight is 697 g/mol. The average Bonchev–Trinajstić information content (AvgIpc) is 2.97. The van der Waals surface area contributed by atoms with Gasteiger partial charge >= 0.3 is 21.2 Å². The molecule has 40 heavy (non-hydrogen) atoms. The SMILES string of the molecule is CCCCCCc1cc([I+]c2ccccc2)c(-c2ccc(Cl)cc2)c(-c2ccc(Cl)cc2)c1-c1ccc(Cl)cc1. The van der Waals surface area contributed by atoms with Crippen molar-refractivity contribution >= 4 is 34.8 Å². The van der Waals surface area contributed by atoms with Gasteiger partial charge in [-0.1, -0.05) is 116 Å². The fourth-order valence-corrected chi connectivity index (χ4v) is 8.27. The lowest BCUT2D eigenvalue weighted by atomic mass is 9.83. The van der Waals surface area contributed by atoms with E-state index in [2.05, 4.69) is 79.7 Å². The van der Waals surface area contributed by atoms with E-state index in [-0.39, 0.29) is 0 Å². The molecule has 0 saturated heterocycles. The molecule has 4 heteroatoms. The second kappa shape index (κ2) is 14.0. The van der Waals surface area contributed by atoms with Crippen LogP contribution in [0.15, 0.2) is 109 Å². The standard InChI is InChI=1S/C36H31Cl3I/c1-2-3-4-6-9-28-24-33(40-32-10-7-5-8-11-32)35(26-14-20-30(38)21-15-26)36(27-16-22-31(39)23-17-27)34(28)25-12-18-29(37)19-13-25/h5,7-8,10-24H,2-4,6,9H2,1H3/q+1. The number of hydrogen-bond acceptors (Lipinski definition) is 0. The summed E-state index contributed by atoms with van der Waals surface area (Å²) >= 11 is 18.7. The molecular weight excluding hydrogens is 666 g/mol. The van der Waals surface area contributed by atoms with Crippen molar-refractivity contribution in [3.8, 4) is 33.4 Å². The molecule has 0 aliphatic rings. The van der Waals surface area contributed by atoms with Gasteiger partial charge in [-0.05, 0) is 95.3 Å². The zero-order valence-corrected chi connectivity index (χ0v) is 26.9. The van der Waals surface area contributed by atoms with Crippen molar-refractivity contribution in [2.24, 2.45) is 0 Å². The summed E-state index contributed by atoms with van der Waals surface area (Å²) in [7, 11) is 0. The predicted molar refractivity (Wildman–Crippen MR) is 169 cm³/mol. The molecule has 0 amide bonds. The zero-order valence-electron chi connectivity index (χ0n) is 22.4. The van der Waals surface area contributed by atoms with Gasteiger partial charge in [0.1, 0.15) is 0 Å². The van der Waals surface area contributed by atoms with E-state index < -0.39 is 21.2 Å². The monoisotopic (exact) mass is 695 g/mol. The Balaban J connectivity index is 1.84. The summed E-state index contributed by atoms with van der Waals surface area (Å²) in [5.74, 6) is 0. The van der Waals surface area contributed by atoms with Crippen LogP contribution in [0, 0.1) is 7.14 Å². The normalized spacial score (nSPS) is 11.1. The summed E-state index contributed by atoms with van der Waals surface area (Å²) in [5.41, 5.74) is 8.71. The highest BCUT2D eigenvalue weighted by Gasteiger charge is 2.29. The molecule has 0 spiro atoms. The minimum absolute atomic E-state index is 0.450. The highest BCUT2D eigenvalue weighted by molar-refractivity contribution is 6.31. The van der Waals surface area contributed by atoms with Gasteiger partial charge in [0.05, 0.1) is 0 Å². The Morgan fingerprint density at radius 1 is 0.525 bits per heavy atom. The first kappa shape index (κ1) is 29.2. The fourth-order valence-electron chi connectivity index (χ4n) is 5.06. The van der Waals surface area contributed by atoms with Crippen molar-refractivity contribution < 1.29 is 21.2 Å². The van der Waals surface area contributed by atoms with Crippen LogP contribution < -0.4 is 21.2 Å². The number of unbranched alkanes of at least 4 members (excludes halogenated alkanes) is 3. The molecule has 0 atom stereocenters. The number of aryl methyl sites for hydroxylation is 1. The summed E-state index contributed by atoms with van der Waals surface area (Å²) in [6.07, 6.45) is 5.91. The lowest BCUT2D eigenvalue weighted by Gasteiger charge is -2.21. The maximum atomic E-state index is 6.39. The van der Waals surface area contributed by atoms with Gasteiger partial charge < -0.3 is 0 Å². The Kier molecular flexibility index (Phi) is 10.3. The fraction of sp³-hybridized carbons (Fsp3) is 0.167. The molecule has 0 saturated carbocycles. The molecule has 202 valence electrons. The van der Waals surface area contributed by atoms with Crippen molar-refractivity contribution in [3.63, 3.8) is 0 Å². The van der Waals surface area contributed by atoms with Gasteiger partial charge in [-0.15, -0.1) is 0 Å². The van der Waals surface area contributed by atoms with E-state index in [1.807, 2.05) is 36.4 Å². The number of halogens is 4. The molecule has 0 radical (unpaired) electrons. The van der Waals surface area contributed by atoms with Gasteiger partial charge in [0, 0.05) is 26.2 Å². The van der Waals surface area contributed by atoms with E-state index in [9.17, 15) is 0 Å². The summed E-state index contributed by atoms with van der Waals surface area (Å²) in [6.45, 7) is 2.26. The summed E-state index contributed by atoms with van der Waals surface area (Å²) < 4.78 is 2.82. The highest BCUT2D eigenvalue weighted by atomic mass is 127. The number of rotatable bonds is 10. The molecule has 0 fully saturated rings. The minimum Gasteiger partial charge on any atom is -0.0843 e. The van der Waals surface area contributed by atoms with E-state index in [0.717, 1.165) is 33.5 Å². The first-order valence-corrected chi connectivity index (χ1v) is 17.0. The molecule has 5 aromatic rings. The molecule has 5 aromatic carbocycles. The van der Waals surface area contributed by atoms with Crippen LogP contribution in [0.25, 0.3) is 33.4 Å². The van der Waals surface area contributed by atoms with Gasteiger partial charge in [-0.3, -0.25) is 0 Å². The lowest BCUT2D eigenvalue weighted by Crippen LogP contribution is -3.61. The Bertz CT molecular complexity index is 1540. The molecule has 0 aromatic heterocycles. The van der Waals surface area contributed by atoms with Gasteiger partial charge in [0.2, 0.25) is 3.57 Å². The molecule has 0 heterocycles. The van der Waals surface area contributed by atoms with Gasteiger partial charge in [0.25, 0.3) is 0 Å². The quantitative estimate of drug-likeness (QED) is 0.101. The Labute approximate surface area is 263 Å². The first-order valence-electron chi connectivity index (χ1n) is 13.7. The third-order valence-electron chi connectivity index (χ3n) is 7.00. The van der Waals surface area contributed by atoms with Crippen LogP contribution in [-0.2, 0) is 6.42 Å². The smallest absolute Gasteiger partial charge is 0.0843 e. The van der Waals surface area contributed by atoms with Crippen molar-refractivity contribution in [2.45, 2.75) is 39.0 Å². The van der Waals surface area contributed by atoms with Crippen LogP contribution in [0.4, 0.5) is 0 Å². The first-order chi connectivity index (χ1) is 19.5. The zero-order chi connectivity index (χ0) is 27.9. The van der Waals surface area contributed by atoms with E-state index in [1.54, 1.807) is 0 Å². The van der Waals surface area contributed by atoms with E-state index in [4.69, 9.17) is 34.8 Å². The Morgan fingerprint density at radius 2 is 1.02 bits per heavy atom. The van der Waals surface area contributed by atoms with E-state index >= 15 is 0 Å². The highest BCUT2D eigenvalue weighted by Crippen LogP contribution is 2.43. The summed E-state index contributed by atoms with van der Waals surface area (Å²) in [4.78, 5) is 0. The van der Waals surface area contributed by atoms with Crippen LogP contribution in [-0.4, -0.2) is 0 Å². The maximum absolute atomic E-state index is 6.39. The van der Waals surface area contributed by atoms with E-state index in [1.165, 1.54) is 59.8 Å². The predicted octanol–water partition coefficient (Wildman–Crippen LogP) is 8.90. The van der Waals surface area contributed by atoms with Crippen LogP contribution in [0.5, 0.6) is 0 Å². The van der Waals surface area contributed by atoms with Crippen molar-refractivity contribution in [3.05, 3.63) is 137 Å². The molecular formula is C36H31Cl3I+. The largest absolute Gasteiger partial charge is 0.358 e. The summed E-state index contributed by atoms with van der Waals surface area (Å²) in [6, 6.07) is 38.3. The van der Waals surface area contributed by atoms with E-state index in [0.29, 0.717) is 0 Å². The molecule has 0 aliphatic carbocycles. The number of hydrogen-bond donors (Lipinski definition) is 0. The lowest BCUT2D eigenvalue weighted by molar-refractivity contribution is -0.596. The molecule has 0 N–H and O–H groups in total. The summed E-state index contributed by atoms with van der Waals surface area (Å²) in [5, 5.41) is 2.21. The molecule has 0 bridgehead atoms. The van der Waals surface area contributed by atoms with Crippen LogP contribution in [0.3, 0.4) is 0 Å². The van der Waals surface area contributed by atoms with Crippen LogP contribution >= 0.6 is 34.8 Å². The van der Waals surface area contributed by atoms with Gasteiger partial charge in [-0.2, -0.15) is 0 Å². The van der Waals surface area contributed by atoms with Crippen molar-refractivity contribution in [2.75, 3.05) is 0 Å². The second-order valence-electron chi connectivity index (χ2n) is 9.86. The van der Waals surface area contributed by atoms with Gasteiger partial charge in [0.15, 0.2) is 3.57 Å². The van der Waals surface area contributed by atoms with Crippen molar-refractivity contribution in [1.29, 1.82) is 0 Å². The molecule has 0 nitrogen and oxygen atoms in total. The van der Waals surface area contributed by atoms with Crippen molar-refractivity contribution in [1.82, 2.24) is 0 Å².